The zero-order valence-electron chi connectivity index (χ0n) is 10.4. The number of rotatable bonds is 4. The maximum absolute atomic E-state index is 11.7. The third kappa shape index (κ3) is 3.70. The van der Waals surface area contributed by atoms with E-state index in [1.165, 1.54) is 0 Å². The van der Waals surface area contributed by atoms with Gasteiger partial charge < -0.3 is 5.11 Å². The Bertz CT molecular complexity index is 388. The zero-order valence-corrected chi connectivity index (χ0v) is 10.4. The van der Waals surface area contributed by atoms with E-state index < -0.39 is 5.60 Å². The van der Waals surface area contributed by atoms with Crippen LogP contribution in [0.4, 0.5) is 5.82 Å². The summed E-state index contributed by atoms with van der Waals surface area (Å²) in [4.78, 5) is 15.8. The molecule has 0 spiro atoms. The summed E-state index contributed by atoms with van der Waals surface area (Å²) in [6.07, 6.45) is 6.36. The van der Waals surface area contributed by atoms with Crippen LogP contribution in [0.25, 0.3) is 0 Å². The zero-order chi connectivity index (χ0) is 12.8. The van der Waals surface area contributed by atoms with E-state index in [2.05, 4.69) is 15.8 Å². The predicted molar refractivity (Wildman–Crippen MR) is 68.7 cm³/mol. The van der Waals surface area contributed by atoms with Gasteiger partial charge in [0.05, 0.1) is 12.0 Å². The fourth-order valence-electron chi connectivity index (χ4n) is 2.30. The Morgan fingerprint density at radius 2 is 2.11 bits per heavy atom. The van der Waals surface area contributed by atoms with Gasteiger partial charge in [-0.05, 0) is 25.0 Å². The second-order valence-corrected chi connectivity index (χ2v) is 4.85. The molecule has 0 bridgehead atoms. The minimum Gasteiger partial charge on any atom is -0.389 e. The van der Waals surface area contributed by atoms with Crippen LogP contribution in [0.5, 0.6) is 0 Å². The lowest BCUT2D eigenvalue weighted by molar-refractivity contribution is -0.126. The standard InChI is InChI=1S/C13H19N3O2/c17-12(10-13(18)7-3-1-4-8-13)16-15-11-6-2-5-9-14-11/h2,5-6,9,18H,1,3-4,7-8,10H2,(H,14,15)(H,16,17). The van der Waals surface area contributed by atoms with E-state index in [0.29, 0.717) is 18.7 Å². The van der Waals surface area contributed by atoms with Crippen molar-refractivity contribution in [3.63, 3.8) is 0 Å². The number of anilines is 1. The van der Waals surface area contributed by atoms with Gasteiger partial charge in [-0.1, -0.05) is 25.3 Å². The number of pyridine rings is 1. The molecule has 1 heterocycles. The predicted octanol–water partition coefficient (Wildman–Crippen LogP) is 1.61. The van der Waals surface area contributed by atoms with Crippen molar-refractivity contribution in [3.05, 3.63) is 24.4 Å². The Morgan fingerprint density at radius 3 is 2.78 bits per heavy atom. The summed E-state index contributed by atoms with van der Waals surface area (Å²) >= 11 is 0. The molecule has 5 heteroatoms. The summed E-state index contributed by atoms with van der Waals surface area (Å²) in [5.41, 5.74) is 4.46. The molecule has 0 saturated heterocycles. The van der Waals surface area contributed by atoms with E-state index in [4.69, 9.17) is 0 Å². The molecule has 1 aliphatic rings. The largest absolute Gasteiger partial charge is 0.389 e. The van der Waals surface area contributed by atoms with Gasteiger partial charge in [-0.3, -0.25) is 15.6 Å². The average Bonchev–Trinajstić information content (AvgIpc) is 2.38. The Kier molecular flexibility index (Phi) is 4.15. The first kappa shape index (κ1) is 12.8. The van der Waals surface area contributed by atoms with Crippen LogP contribution >= 0.6 is 0 Å². The first-order chi connectivity index (χ1) is 8.68. The number of aromatic nitrogens is 1. The Labute approximate surface area is 107 Å². The molecule has 1 aliphatic carbocycles. The normalized spacial score (nSPS) is 18.1. The number of aliphatic hydroxyl groups is 1. The van der Waals surface area contributed by atoms with Gasteiger partial charge in [-0.25, -0.2) is 4.98 Å². The molecule has 1 aromatic heterocycles. The monoisotopic (exact) mass is 249 g/mol. The van der Waals surface area contributed by atoms with E-state index in [0.717, 1.165) is 19.3 Å². The van der Waals surface area contributed by atoms with E-state index >= 15 is 0 Å². The molecular weight excluding hydrogens is 230 g/mol. The molecule has 0 unspecified atom stereocenters. The molecule has 1 amide bonds. The topological polar surface area (TPSA) is 74.2 Å². The first-order valence-corrected chi connectivity index (χ1v) is 6.36. The molecule has 0 atom stereocenters. The lowest BCUT2D eigenvalue weighted by Crippen LogP contribution is -2.40. The van der Waals surface area contributed by atoms with Crippen LogP contribution in [-0.4, -0.2) is 21.6 Å². The van der Waals surface area contributed by atoms with Gasteiger partial charge in [-0.15, -0.1) is 0 Å². The number of nitrogens with zero attached hydrogens (tertiary/aromatic N) is 1. The van der Waals surface area contributed by atoms with Crippen molar-refractivity contribution in [2.24, 2.45) is 0 Å². The summed E-state index contributed by atoms with van der Waals surface area (Å²) in [5.74, 6) is 0.381. The number of amides is 1. The molecule has 0 aromatic carbocycles. The van der Waals surface area contributed by atoms with Crippen LogP contribution in [0.1, 0.15) is 38.5 Å². The molecule has 2 rings (SSSR count). The summed E-state index contributed by atoms with van der Waals surface area (Å²) in [7, 11) is 0. The summed E-state index contributed by atoms with van der Waals surface area (Å²) in [6.45, 7) is 0. The number of carbonyl (C=O) groups is 1. The van der Waals surface area contributed by atoms with Gasteiger partial charge in [0.15, 0.2) is 0 Å². The van der Waals surface area contributed by atoms with Gasteiger partial charge in [0, 0.05) is 6.20 Å². The third-order valence-electron chi connectivity index (χ3n) is 3.27. The van der Waals surface area contributed by atoms with Crippen LogP contribution in [0.2, 0.25) is 0 Å². The molecule has 0 aliphatic heterocycles. The van der Waals surface area contributed by atoms with Crippen LogP contribution in [-0.2, 0) is 4.79 Å². The third-order valence-corrected chi connectivity index (χ3v) is 3.27. The molecule has 5 nitrogen and oxygen atoms in total. The van der Waals surface area contributed by atoms with Crippen molar-refractivity contribution < 1.29 is 9.90 Å². The van der Waals surface area contributed by atoms with Crippen molar-refractivity contribution >= 4 is 11.7 Å². The fraction of sp³-hybridized carbons (Fsp3) is 0.538. The number of hydrogen-bond acceptors (Lipinski definition) is 4. The number of hydrogen-bond donors (Lipinski definition) is 3. The van der Waals surface area contributed by atoms with E-state index in [-0.39, 0.29) is 12.3 Å². The minimum atomic E-state index is -0.825. The van der Waals surface area contributed by atoms with Crippen molar-refractivity contribution in [1.29, 1.82) is 0 Å². The number of hydrazine groups is 1. The van der Waals surface area contributed by atoms with E-state index in [9.17, 15) is 9.90 Å². The highest BCUT2D eigenvalue weighted by molar-refractivity contribution is 5.78. The molecule has 1 aromatic rings. The van der Waals surface area contributed by atoms with Crippen LogP contribution in [0.3, 0.4) is 0 Å². The lowest BCUT2D eigenvalue weighted by atomic mass is 9.82. The fourth-order valence-corrected chi connectivity index (χ4v) is 2.30. The van der Waals surface area contributed by atoms with Crippen molar-refractivity contribution in [2.75, 3.05) is 5.43 Å². The molecule has 1 fully saturated rings. The molecule has 98 valence electrons. The van der Waals surface area contributed by atoms with Crippen LogP contribution in [0, 0.1) is 0 Å². The highest BCUT2D eigenvalue weighted by Gasteiger charge is 2.31. The van der Waals surface area contributed by atoms with Gasteiger partial charge in [0.1, 0.15) is 5.82 Å². The van der Waals surface area contributed by atoms with Gasteiger partial charge in [0.2, 0.25) is 5.91 Å². The maximum atomic E-state index is 11.7. The quantitative estimate of drug-likeness (QED) is 0.709. The molecule has 1 saturated carbocycles. The Hall–Kier alpha value is -1.62. The summed E-state index contributed by atoms with van der Waals surface area (Å²) in [5, 5.41) is 10.2. The van der Waals surface area contributed by atoms with E-state index in [1.807, 2.05) is 6.07 Å². The SMILES string of the molecule is O=C(CC1(O)CCCCC1)NNc1ccccn1. The molecular formula is C13H19N3O2. The summed E-state index contributed by atoms with van der Waals surface area (Å²) in [6, 6.07) is 5.39. The summed E-state index contributed by atoms with van der Waals surface area (Å²) < 4.78 is 0. The average molecular weight is 249 g/mol. The highest BCUT2D eigenvalue weighted by atomic mass is 16.3. The number of carbonyl (C=O) groups excluding carboxylic acids is 1. The highest BCUT2D eigenvalue weighted by Crippen LogP contribution is 2.30. The van der Waals surface area contributed by atoms with Gasteiger partial charge in [-0.2, -0.15) is 0 Å². The van der Waals surface area contributed by atoms with Crippen molar-refractivity contribution in [3.8, 4) is 0 Å². The smallest absolute Gasteiger partial charge is 0.241 e. The Balaban J connectivity index is 1.78. The van der Waals surface area contributed by atoms with Gasteiger partial charge >= 0.3 is 0 Å². The number of nitrogens with one attached hydrogen (secondary N) is 2. The second kappa shape index (κ2) is 5.82. The Morgan fingerprint density at radius 1 is 1.33 bits per heavy atom. The van der Waals surface area contributed by atoms with Crippen molar-refractivity contribution in [2.45, 2.75) is 44.1 Å². The molecule has 3 N–H and O–H groups in total. The van der Waals surface area contributed by atoms with Gasteiger partial charge in [0.25, 0.3) is 0 Å². The molecule has 0 radical (unpaired) electrons. The second-order valence-electron chi connectivity index (χ2n) is 4.85. The van der Waals surface area contributed by atoms with E-state index in [1.54, 1.807) is 18.3 Å². The minimum absolute atomic E-state index is 0.146. The van der Waals surface area contributed by atoms with Crippen LogP contribution < -0.4 is 10.9 Å². The van der Waals surface area contributed by atoms with Crippen molar-refractivity contribution in [1.82, 2.24) is 10.4 Å². The lowest BCUT2D eigenvalue weighted by Gasteiger charge is -2.31. The maximum Gasteiger partial charge on any atom is 0.241 e. The first-order valence-electron chi connectivity index (χ1n) is 6.36. The van der Waals surface area contributed by atoms with Crippen LogP contribution in [0.15, 0.2) is 24.4 Å². The molecule has 18 heavy (non-hydrogen) atoms.